The lowest BCUT2D eigenvalue weighted by molar-refractivity contribution is 0.0827. The minimum absolute atomic E-state index is 0.0693. The zero-order valence-corrected chi connectivity index (χ0v) is 16.8. The highest BCUT2D eigenvalue weighted by atomic mass is 16.4. The lowest BCUT2D eigenvalue weighted by Gasteiger charge is -2.10. The van der Waals surface area contributed by atoms with Crippen molar-refractivity contribution < 1.29 is 9.21 Å². The van der Waals surface area contributed by atoms with Gasteiger partial charge in [0, 0.05) is 30.8 Å². The SMILES string of the molecule is Cc1cccc(-c2nnc(-c3nc(-c4ccc(C(=O)N(C)C)cc4)cnc3N)o2)c1. The van der Waals surface area contributed by atoms with Crippen LogP contribution in [0.25, 0.3) is 34.3 Å². The first-order chi connectivity index (χ1) is 14.4. The van der Waals surface area contributed by atoms with Crippen molar-refractivity contribution in [2.24, 2.45) is 0 Å². The number of benzene rings is 2. The monoisotopic (exact) mass is 400 g/mol. The molecule has 2 aromatic heterocycles. The van der Waals surface area contributed by atoms with E-state index < -0.39 is 0 Å². The number of rotatable bonds is 4. The second-order valence-corrected chi connectivity index (χ2v) is 7.05. The molecule has 150 valence electrons. The van der Waals surface area contributed by atoms with Crippen molar-refractivity contribution in [2.45, 2.75) is 6.92 Å². The maximum Gasteiger partial charge on any atom is 0.270 e. The molecule has 0 aliphatic carbocycles. The van der Waals surface area contributed by atoms with Crippen LogP contribution in [-0.2, 0) is 0 Å². The van der Waals surface area contributed by atoms with Gasteiger partial charge in [0.15, 0.2) is 11.5 Å². The van der Waals surface area contributed by atoms with Gasteiger partial charge in [0.25, 0.3) is 11.8 Å². The average Bonchev–Trinajstić information content (AvgIpc) is 3.24. The summed E-state index contributed by atoms with van der Waals surface area (Å²) >= 11 is 0. The molecule has 0 saturated carbocycles. The van der Waals surface area contributed by atoms with Gasteiger partial charge in [-0.15, -0.1) is 10.2 Å². The molecule has 30 heavy (non-hydrogen) atoms. The third-order valence-electron chi connectivity index (χ3n) is 4.53. The molecular formula is C22H20N6O2. The van der Waals surface area contributed by atoms with Crippen LogP contribution in [0.3, 0.4) is 0 Å². The molecule has 0 radical (unpaired) electrons. The predicted molar refractivity (Wildman–Crippen MR) is 113 cm³/mol. The molecule has 8 heteroatoms. The first kappa shape index (κ1) is 19.3. The third kappa shape index (κ3) is 3.75. The predicted octanol–water partition coefficient (Wildman–Crippen LogP) is 3.45. The summed E-state index contributed by atoms with van der Waals surface area (Å²) in [6.45, 7) is 1.99. The Kier molecular flexibility index (Phi) is 4.97. The zero-order chi connectivity index (χ0) is 21.3. The van der Waals surface area contributed by atoms with Crippen LogP contribution in [0, 0.1) is 6.92 Å². The van der Waals surface area contributed by atoms with Crippen LogP contribution >= 0.6 is 0 Å². The molecule has 0 spiro atoms. The third-order valence-corrected chi connectivity index (χ3v) is 4.53. The van der Waals surface area contributed by atoms with Gasteiger partial charge < -0.3 is 15.1 Å². The Morgan fingerprint density at radius 1 is 1.00 bits per heavy atom. The van der Waals surface area contributed by atoms with Crippen LogP contribution in [0.1, 0.15) is 15.9 Å². The fourth-order valence-corrected chi connectivity index (χ4v) is 2.95. The van der Waals surface area contributed by atoms with Crippen molar-refractivity contribution in [3.8, 4) is 34.3 Å². The summed E-state index contributed by atoms with van der Waals surface area (Å²) in [6, 6.07) is 14.9. The Balaban J connectivity index is 1.67. The van der Waals surface area contributed by atoms with E-state index in [0.29, 0.717) is 22.8 Å². The van der Waals surface area contributed by atoms with E-state index in [0.717, 1.165) is 16.7 Å². The van der Waals surface area contributed by atoms with Gasteiger partial charge in [-0.1, -0.05) is 29.8 Å². The molecule has 0 bridgehead atoms. The van der Waals surface area contributed by atoms with Crippen LogP contribution in [0.15, 0.2) is 59.1 Å². The first-order valence-corrected chi connectivity index (χ1v) is 9.28. The summed E-state index contributed by atoms with van der Waals surface area (Å²) in [6.07, 6.45) is 1.57. The summed E-state index contributed by atoms with van der Waals surface area (Å²) in [4.78, 5) is 22.4. The Labute approximate surface area is 173 Å². The van der Waals surface area contributed by atoms with Gasteiger partial charge in [-0.3, -0.25) is 4.79 Å². The topological polar surface area (TPSA) is 111 Å². The maximum absolute atomic E-state index is 12.1. The number of nitrogens with two attached hydrogens (primary N) is 1. The van der Waals surface area contributed by atoms with Crippen LogP contribution in [-0.4, -0.2) is 45.1 Å². The molecule has 2 heterocycles. The van der Waals surface area contributed by atoms with Crippen LogP contribution in [0.5, 0.6) is 0 Å². The molecule has 4 aromatic rings. The van der Waals surface area contributed by atoms with Gasteiger partial charge in [0.1, 0.15) is 0 Å². The van der Waals surface area contributed by atoms with Gasteiger partial charge in [-0.25, -0.2) is 9.97 Å². The highest BCUT2D eigenvalue weighted by Crippen LogP contribution is 2.28. The lowest BCUT2D eigenvalue weighted by Crippen LogP contribution is -2.21. The van der Waals surface area contributed by atoms with Crippen molar-refractivity contribution >= 4 is 11.7 Å². The van der Waals surface area contributed by atoms with Gasteiger partial charge >= 0.3 is 0 Å². The number of anilines is 1. The van der Waals surface area contributed by atoms with E-state index in [1.165, 1.54) is 4.90 Å². The Morgan fingerprint density at radius 3 is 2.43 bits per heavy atom. The largest absolute Gasteiger partial charge is 0.414 e. The molecule has 2 N–H and O–H groups in total. The van der Waals surface area contributed by atoms with Gasteiger partial charge in [-0.05, 0) is 31.2 Å². The van der Waals surface area contributed by atoms with E-state index in [2.05, 4.69) is 20.2 Å². The number of carbonyl (C=O) groups is 1. The molecule has 1 amide bonds. The molecule has 0 unspecified atom stereocenters. The van der Waals surface area contributed by atoms with Crippen LogP contribution < -0.4 is 5.73 Å². The first-order valence-electron chi connectivity index (χ1n) is 9.28. The normalized spacial score (nSPS) is 10.8. The molecular weight excluding hydrogens is 380 g/mol. The van der Waals surface area contributed by atoms with Crippen molar-refractivity contribution in [3.63, 3.8) is 0 Å². The molecule has 0 aliphatic rings. The number of aromatic nitrogens is 4. The average molecular weight is 400 g/mol. The summed E-state index contributed by atoms with van der Waals surface area (Å²) in [5.74, 6) is 0.697. The van der Waals surface area contributed by atoms with E-state index in [1.54, 1.807) is 32.4 Å². The molecule has 4 rings (SSSR count). The highest BCUT2D eigenvalue weighted by molar-refractivity contribution is 5.94. The lowest BCUT2D eigenvalue weighted by atomic mass is 10.1. The van der Waals surface area contributed by atoms with E-state index in [1.807, 2.05) is 43.3 Å². The number of nitrogen functional groups attached to an aromatic ring is 1. The zero-order valence-electron chi connectivity index (χ0n) is 16.8. The molecule has 0 fully saturated rings. The second kappa shape index (κ2) is 7.75. The number of aryl methyl sites for hydroxylation is 1. The van der Waals surface area contributed by atoms with E-state index in [4.69, 9.17) is 10.2 Å². The number of carbonyl (C=O) groups excluding carboxylic acids is 1. The summed E-state index contributed by atoms with van der Waals surface area (Å²) in [5, 5.41) is 8.21. The summed E-state index contributed by atoms with van der Waals surface area (Å²) in [7, 11) is 3.42. The molecule has 0 saturated heterocycles. The Hall–Kier alpha value is -4.07. The Bertz CT molecular complexity index is 1210. The molecule has 8 nitrogen and oxygen atoms in total. The molecule has 0 aliphatic heterocycles. The van der Waals surface area contributed by atoms with E-state index in [-0.39, 0.29) is 17.6 Å². The summed E-state index contributed by atoms with van der Waals surface area (Å²) < 4.78 is 5.80. The molecule has 0 atom stereocenters. The minimum Gasteiger partial charge on any atom is -0.414 e. The second-order valence-electron chi connectivity index (χ2n) is 7.05. The van der Waals surface area contributed by atoms with Crippen molar-refractivity contribution in [1.82, 2.24) is 25.1 Å². The quantitative estimate of drug-likeness (QED) is 0.558. The van der Waals surface area contributed by atoms with E-state index >= 15 is 0 Å². The van der Waals surface area contributed by atoms with Gasteiger partial charge in [0.2, 0.25) is 5.89 Å². The fraction of sp³-hybridized carbons (Fsp3) is 0.136. The number of amides is 1. The van der Waals surface area contributed by atoms with Crippen LogP contribution in [0.2, 0.25) is 0 Å². The van der Waals surface area contributed by atoms with Crippen molar-refractivity contribution in [3.05, 3.63) is 65.9 Å². The van der Waals surface area contributed by atoms with E-state index in [9.17, 15) is 4.79 Å². The van der Waals surface area contributed by atoms with Gasteiger partial charge in [0.05, 0.1) is 11.9 Å². The standard InChI is InChI=1S/C22H20N6O2/c1-13-5-4-6-16(11-13)20-26-27-21(30-20)18-19(23)24-12-17(25-18)14-7-9-15(10-8-14)22(29)28(2)3/h4-12H,1-3H3,(H2,23,24). The fourth-order valence-electron chi connectivity index (χ4n) is 2.95. The minimum atomic E-state index is -0.0693. The highest BCUT2D eigenvalue weighted by Gasteiger charge is 2.17. The van der Waals surface area contributed by atoms with Gasteiger partial charge in [-0.2, -0.15) is 0 Å². The maximum atomic E-state index is 12.1. The summed E-state index contributed by atoms with van der Waals surface area (Å²) in [5.41, 5.74) is 10.2. The van der Waals surface area contributed by atoms with Crippen LogP contribution in [0.4, 0.5) is 5.82 Å². The number of hydrogen-bond acceptors (Lipinski definition) is 7. The van der Waals surface area contributed by atoms with Crippen molar-refractivity contribution in [2.75, 3.05) is 19.8 Å². The molecule has 2 aromatic carbocycles. The number of hydrogen-bond donors (Lipinski definition) is 1. The smallest absolute Gasteiger partial charge is 0.270 e. The number of nitrogens with zero attached hydrogens (tertiary/aromatic N) is 5. The Morgan fingerprint density at radius 2 is 1.73 bits per heavy atom. The van der Waals surface area contributed by atoms with Crippen molar-refractivity contribution in [1.29, 1.82) is 0 Å².